The first-order valence-electron chi connectivity index (χ1n) is 6.14. The second kappa shape index (κ2) is 7.34. The Balaban J connectivity index is 2.76. The van der Waals surface area contributed by atoms with E-state index in [1.165, 1.54) is 11.6 Å². The summed E-state index contributed by atoms with van der Waals surface area (Å²) in [6.07, 6.45) is 2.79. The molecule has 1 heterocycles. The van der Waals surface area contributed by atoms with Crippen molar-refractivity contribution in [1.82, 2.24) is 0 Å². The zero-order chi connectivity index (χ0) is 13.5. The molecule has 0 radical (unpaired) electrons. The lowest BCUT2D eigenvalue weighted by atomic mass is 10.1. The summed E-state index contributed by atoms with van der Waals surface area (Å²) in [6, 6.07) is 2.05. The van der Waals surface area contributed by atoms with Gasteiger partial charge >= 0.3 is 5.97 Å². The first kappa shape index (κ1) is 14.9. The van der Waals surface area contributed by atoms with Gasteiger partial charge < -0.3 is 9.84 Å². The number of aryl methyl sites for hydroxylation is 1. The molecule has 0 saturated carbocycles. The summed E-state index contributed by atoms with van der Waals surface area (Å²) in [4.78, 5) is 12.5. The molecule has 0 aliphatic carbocycles. The first-order valence-corrected chi connectivity index (χ1v) is 7.02. The minimum atomic E-state index is -0.301. The summed E-state index contributed by atoms with van der Waals surface area (Å²) >= 11 is 1.61. The zero-order valence-corrected chi connectivity index (χ0v) is 11.9. The van der Waals surface area contributed by atoms with Gasteiger partial charge in [-0.1, -0.05) is 0 Å². The highest BCUT2D eigenvalue weighted by atomic mass is 32.1. The summed E-state index contributed by atoms with van der Waals surface area (Å²) in [7, 11) is 0. The molecule has 1 unspecified atom stereocenters. The smallest absolute Gasteiger partial charge is 0.331 e. The average molecular weight is 268 g/mol. The van der Waals surface area contributed by atoms with Crippen LogP contribution in [0.5, 0.6) is 0 Å². The lowest BCUT2D eigenvalue weighted by Crippen LogP contribution is -2.02. The second-order valence-electron chi connectivity index (χ2n) is 4.24. The highest BCUT2D eigenvalue weighted by Crippen LogP contribution is 2.26. The van der Waals surface area contributed by atoms with Crippen LogP contribution in [0.15, 0.2) is 17.5 Å². The first-order chi connectivity index (χ1) is 8.54. The molecule has 1 atom stereocenters. The van der Waals surface area contributed by atoms with E-state index in [1.807, 2.05) is 18.4 Å². The minimum absolute atomic E-state index is 0.299. The van der Waals surface area contributed by atoms with Crippen LogP contribution in [0.1, 0.15) is 37.6 Å². The summed E-state index contributed by atoms with van der Waals surface area (Å²) in [5, 5.41) is 11.3. The van der Waals surface area contributed by atoms with Gasteiger partial charge in [-0.05, 0) is 56.2 Å². The fraction of sp³-hybridized carbons (Fsp3) is 0.500. The number of aliphatic hydroxyl groups is 1. The molecule has 18 heavy (non-hydrogen) atoms. The Bertz CT molecular complexity index is 418. The summed E-state index contributed by atoms with van der Waals surface area (Å²) in [5.74, 6) is -0.301. The summed E-state index contributed by atoms with van der Waals surface area (Å²) < 4.78 is 4.90. The maximum atomic E-state index is 11.4. The number of hydrogen-bond acceptors (Lipinski definition) is 4. The van der Waals surface area contributed by atoms with Crippen LogP contribution in [0, 0.1) is 0 Å². The number of allylic oxidation sites excluding steroid dienone is 1. The van der Waals surface area contributed by atoms with E-state index in [2.05, 4.69) is 0 Å². The van der Waals surface area contributed by atoms with E-state index in [9.17, 15) is 9.90 Å². The maximum absolute atomic E-state index is 11.4. The molecule has 0 aromatic carbocycles. The van der Waals surface area contributed by atoms with Gasteiger partial charge in [-0.25, -0.2) is 4.79 Å². The molecule has 0 bridgehead atoms. The van der Waals surface area contributed by atoms with Crippen LogP contribution in [0.2, 0.25) is 0 Å². The monoisotopic (exact) mass is 268 g/mol. The van der Waals surface area contributed by atoms with Crippen LogP contribution >= 0.6 is 11.3 Å². The molecule has 1 aromatic rings. The highest BCUT2D eigenvalue weighted by molar-refractivity contribution is 7.11. The molecular weight excluding hydrogens is 248 g/mol. The lowest BCUT2D eigenvalue weighted by molar-refractivity contribution is -0.137. The number of esters is 1. The van der Waals surface area contributed by atoms with Crippen molar-refractivity contribution in [3.8, 4) is 0 Å². The van der Waals surface area contributed by atoms with Crippen LogP contribution < -0.4 is 0 Å². The topological polar surface area (TPSA) is 46.5 Å². The summed E-state index contributed by atoms with van der Waals surface area (Å²) in [6.45, 7) is 5.88. The normalized spacial score (nSPS) is 13.4. The van der Waals surface area contributed by atoms with Crippen LogP contribution in [-0.4, -0.2) is 23.8 Å². The van der Waals surface area contributed by atoms with Crippen molar-refractivity contribution in [1.29, 1.82) is 0 Å². The minimum Gasteiger partial charge on any atom is -0.463 e. The number of thiophene rings is 1. The van der Waals surface area contributed by atoms with Gasteiger partial charge in [-0.3, -0.25) is 0 Å². The van der Waals surface area contributed by atoms with Gasteiger partial charge in [-0.15, -0.1) is 11.3 Å². The Morgan fingerprint density at radius 1 is 1.61 bits per heavy atom. The largest absolute Gasteiger partial charge is 0.463 e. The van der Waals surface area contributed by atoms with Crippen LogP contribution in [0.4, 0.5) is 0 Å². The molecule has 1 aromatic heterocycles. The van der Waals surface area contributed by atoms with E-state index in [4.69, 9.17) is 4.74 Å². The number of carbonyl (C=O) groups excluding carboxylic acids is 1. The predicted octanol–water partition coefficient (Wildman–Crippen LogP) is 3.03. The molecule has 0 fully saturated rings. The molecule has 0 aliphatic rings. The molecule has 1 N–H and O–H groups in total. The van der Waals surface area contributed by atoms with Crippen LogP contribution in [0.25, 0.3) is 5.57 Å². The van der Waals surface area contributed by atoms with Crippen LogP contribution in [-0.2, 0) is 16.0 Å². The van der Waals surface area contributed by atoms with Crippen molar-refractivity contribution >= 4 is 22.9 Å². The van der Waals surface area contributed by atoms with Gasteiger partial charge in [0, 0.05) is 11.0 Å². The Morgan fingerprint density at radius 2 is 2.33 bits per heavy atom. The number of aliphatic hydroxyl groups excluding tert-OH is 1. The van der Waals surface area contributed by atoms with Gasteiger partial charge in [0.2, 0.25) is 0 Å². The van der Waals surface area contributed by atoms with E-state index < -0.39 is 0 Å². The molecule has 0 spiro atoms. The quantitative estimate of drug-likeness (QED) is 0.637. The van der Waals surface area contributed by atoms with E-state index in [-0.39, 0.29) is 12.1 Å². The number of carbonyl (C=O) groups is 1. The molecule has 100 valence electrons. The molecule has 0 saturated heterocycles. The van der Waals surface area contributed by atoms with Gasteiger partial charge in [0.15, 0.2) is 0 Å². The highest BCUT2D eigenvalue weighted by Gasteiger charge is 2.09. The maximum Gasteiger partial charge on any atom is 0.331 e. The third-order valence-electron chi connectivity index (χ3n) is 2.56. The Kier molecular flexibility index (Phi) is 6.09. The second-order valence-corrected chi connectivity index (χ2v) is 5.16. The van der Waals surface area contributed by atoms with Crippen molar-refractivity contribution in [2.24, 2.45) is 0 Å². The predicted molar refractivity (Wildman–Crippen MR) is 74.6 cm³/mol. The number of rotatable bonds is 6. The van der Waals surface area contributed by atoms with Crippen molar-refractivity contribution < 1.29 is 14.6 Å². The van der Waals surface area contributed by atoms with Crippen molar-refractivity contribution in [2.45, 2.75) is 39.7 Å². The molecule has 1 rings (SSSR count). The van der Waals surface area contributed by atoms with E-state index in [0.29, 0.717) is 6.61 Å². The van der Waals surface area contributed by atoms with Crippen molar-refractivity contribution in [3.63, 3.8) is 0 Å². The van der Waals surface area contributed by atoms with Crippen molar-refractivity contribution in [3.05, 3.63) is 28.0 Å². The van der Waals surface area contributed by atoms with Crippen molar-refractivity contribution in [2.75, 3.05) is 6.61 Å². The van der Waals surface area contributed by atoms with E-state index in [0.717, 1.165) is 23.3 Å². The van der Waals surface area contributed by atoms with E-state index in [1.54, 1.807) is 25.2 Å². The van der Waals surface area contributed by atoms with Gasteiger partial charge in [-0.2, -0.15) is 0 Å². The third-order valence-corrected chi connectivity index (χ3v) is 3.65. The van der Waals surface area contributed by atoms with E-state index >= 15 is 0 Å². The fourth-order valence-electron chi connectivity index (χ4n) is 1.67. The average Bonchev–Trinajstić information content (AvgIpc) is 2.74. The zero-order valence-electron chi connectivity index (χ0n) is 11.1. The molecule has 0 aliphatic heterocycles. The SMILES string of the molecule is CCOC(=O)/C=C(\C)c1sccc1CCC(C)O. The Hall–Kier alpha value is -1.13. The summed E-state index contributed by atoms with van der Waals surface area (Å²) in [5.41, 5.74) is 2.10. The molecule has 0 amide bonds. The Morgan fingerprint density at radius 3 is 2.94 bits per heavy atom. The number of ether oxygens (including phenoxy) is 1. The van der Waals surface area contributed by atoms with Gasteiger partial charge in [0.05, 0.1) is 12.7 Å². The molecule has 4 heteroatoms. The standard InChI is InChI=1S/C14H20O3S/c1-4-17-13(16)9-10(2)14-12(7-8-18-14)6-5-11(3)15/h7-9,11,15H,4-6H2,1-3H3/b10-9+. The number of hydrogen-bond donors (Lipinski definition) is 1. The molecule has 3 nitrogen and oxygen atoms in total. The van der Waals surface area contributed by atoms with Gasteiger partial charge in [0.1, 0.15) is 0 Å². The van der Waals surface area contributed by atoms with Crippen LogP contribution in [0.3, 0.4) is 0 Å². The third kappa shape index (κ3) is 4.63. The van der Waals surface area contributed by atoms with Gasteiger partial charge in [0.25, 0.3) is 0 Å². The fourth-order valence-corrected chi connectivity index (χ4v) is 2.60. The lowest BCUT2D eigenvalue weighted by Gasteiger charge is -2.06. The molecular formula is C14H20O3S. The Labute approximate surface area is 112 Å².